The number of hydrogen-bond acceptors (Lipinski definition) is 8. The SMILES string of the molecule is CCC/C=C\C/C=C\CCCCCCCC(=O)OC(COC(=O)CCCCCCCCCCCCCCCCCCCCCCCCCCCCCCCCCCC)COP(=O)(O)OCCN. The van der Waals surface area contributed by atoms with Gasteiger partial charge in [0.1, 0.15) is 6.61 Å². The Balaban J connectivity index is 3.78. The van der Waals surface area contributed by atoms with Crippen molar-refractivity contribution in [3.05, 3.63) is 24.3 Å². The molecule has 0 spiro atoms. The highest BCUT2D eigenvalue weighted by molar-refractivity contribution is 7.47. The molecule has 0 rings (SSSR count). The summed E-state index contributed by atoms with van der Waals surface area (Å²) in [6.07, 6.45) is 62.7. The molecule has 0 aromatic rings. The summed E-state index contributed by atoms with van der Waals surface area (Å²) in [5, 5.41) is 0. The number of carbonyl (C=O) groups excluding carboxylic acids is 2. The summed E-state index contributed by atoms with van der Waals surface area (Å²) >= 11 is 0. The van der Waals surface area contributed by atoms with Crippen LogP contribution < -0.4 is 5.73 Å². The lowest BCUT2D eigenvalue weighted by atomic mass is 10.0. The topological polar surface area (TPSA) is 134 Å². The van der Waals surface area contributed by atoms with Gasteiger partial charge in [-0.3, -0.25) is 18.6 Å². The predicted octanol–water partition coefficient (Wildman–Crippen LogP) is 17.9. The van der Waals surface area contributed by atoms with Gasteiger partial charge in [-0.05, 0) is 38.5 Å². The standard InChI is InChI=1S/C57H110NO8P/c1-3-5-7-9-11-13-15-17-18-19-20-21-22-23-24-25-26-27-28-29-30-31-32-33-34-35-36-38-39-41-43-45-47-49-56(59)63-53-55(54-65-67(61,62)64-52-51-58)66-57(60)50-48-46-44-42-40-37-16-14-12-10-8-6-4-2/h8,10,14,16,55H,3-7,9,11-13,15,17-54,58H2,1-2H3,(H,61,62)/b10-8-,16-14-. The van der Waals surface area contributed by atoms with Crippen LogP contribution >= 0.6 is 7.82 Å². The maximum absolute atomic E-state index is 12.6. The van der Waals surface area contributed by atoms with Gasteiger partial charge in [0.15, 0.2) is 6.10 Å². The summed E-state index contributed by atoms with van der Waals surface area (Å²) in [5.74, 6) is -0.832. The smallest absolute Gasteiger partial charge is 0.462 e. The first-order chi connectivity index (χ1) is 32.8. The van der Waals surface area contributed by atoms with Crippen molar-refractivity contribution in [1.82, 2.24) is 0 Å². The van der Waals surface area contributed by atoms with Crippen LogP contribution in [0.15, 0.2) is 24.3 Å². The summed E-state index contributed by atoms with van der Waals surface area (Å²) in [6, 6.07) is 0. The number of nitrogens with two attached hydrogens (primary N) is 1. The highest BCUT2D eigenvalue weighted by atomic mass is 31.2. The van der Waals surface area contributed by atoms with E-state index in [-0.39, 0.29) is 38.6 Å². The number of allylic oxidation sites excluding steroid dienone is 4. The van der Waals surface area contributed by atoms with E-state index in [4.69, 9.17) is 24.3 Å². The van der Waals surface area contributed by atoms with Gasteiger partial charge in [-0.1, -0.05) is 269 Å². The fourth-order valence-electron chi connectivity index (χ4n) is 8.56. The molecular formula is C57H110NO8P. The fourth-order valence-corrected chi connectivity index (χ4v) is 9.32. The maximum Gasteiger partial charge on any atom is 0.472 e. The van der Waals surface area contributed by atoms with Gasteiger partial charge in [0.2, 0.25) is 0 Å². The molecule has 10 heteroatoms. The number of ether oxygens (including phenoxy) is 2. The van der Waals surface area contributed by atoms with E-state index >= 15 is 0 Å². The third-order valence-electron chi connectivity index (χ3n) is 12.8. The zero-order valence-electron chi connectivity index (χ0n) is 44.2. The maximum atomic E-state index is 12.6. The minimum atomic E-state index is -4.38. The van der Waals surface area contributed by atoms with Crippen molar-refractivity contribution in [2.24, 2.45) is 5.73 Å². The molecule has 0 bridgehead atoms. The van der Waals surface area contributed by atoms with E-state index in [0.717, 1.165) is 64.2 Å². The molecule has 0 aliphatic rings. The zero-order valence-corrected chi connectivity index (χ0v) is 45.1. The van der Waals surface area contributed by atoms with Crippen molar-refractivity contribution >= 4 is 19.8 Å². The molecule has 2 unspecified atom stereocenters. The van der Waals surface area contributed by atoms with Gasteiger partial charge in [-0.15, -0.1) is 0 Å². The molecule has 2 atom stereocenters. The lowest BCUT2D eigenvalue weighted by Gasteiger charge is -2.19. The van der Waals surface area contributed by atoms with Crippen LogP contribution in [0.25, 0.3) is 0 Å². The Labute approximate surface area is 414 Å². The number of phosphoric ester groups is 1. The summed E-state index contributed by atoms with van der Waals surface area (Å²) in [5.41, 5.74) is 5.37. The van der Waals surface area contributed by atoms with Crippen LogP contribution in [0, 0.1) is 0 Å². The molecule has 0 saturated heterocycles. The van der Waals surface area contributed by atoms with Gasteiger partial charge in [-0.25, -0.2) is 4.57 Å². The number of unbranched alkanes of at least 4 members (excludes halogenated alkanes) is 38. The molecular weight excluding hydrogens is 858 g/mol. The average molecular weight is 968 g/mol. The lowest BCUT2D eigenvalue weighted by Crippen LogP contribution is -2.29. The fraction of sp³-hybridized carbons (Fsp3) is 0.895. The van der Waals surface area contributed by atoms with Crippen molar-refractivity contribution in [2.75, 3.05) is 26.4 Å². The second-order valence-corrected chi connectivity index (χ2v) is 21.0. The van der Waals surface area contributed by atoms with Gasteiger partial charge >= 0.3 is 19.8 Å². The molecule has 3 N–H and O–H groups in total. The third kappa shape index (κ3) is 53.7. The van der Waals surface area contributed by atoms with Crippen LogP contribution in [-0.2, 0) is 32.7 Å². The molecule has 0 amide bonds. The molecule has 67 heavy (non-hydrogen) atoms. The Morgan fingerprint density at radius 1 is 0.448 bits per heavy atom. The van der Waals surface area contributed by atoms with Crippen molar-refractivity contribution in [3.63, 3.8) is 0 Å². The first-order valence-electron chi connectivity index (χ1n) is 28.8. The Bertz CT molecular complexity index is 1150. The summed E-state index contributed by atoms with van der Waals surface area (Å²) in [6.45, 7) is 3.70. The molecule has 0 aliphatic carbocycles. The monoisotopic (exact) mass is 968 g/mol. The highest BCUT2D eigenvalue weighted by Gasteiger charge is 2.26. The first-order valence-corrected chi connectivity index (χ1v) is 30.3. The van der Waals surface area contributed by atoms with Crippen molar-refractivity contribution in [1.29, 1.82) is 0 Å². The Morgan fingerprint density at radius 2 is 0.806 bits per heavy atom. The van der Waals surface area contributed by atoms with Crippen LogP contribution in [-0.4, -0.2) is 49.3 Å². The van der Waals surface area contributed by atoms with Gasteiger partial charge in [0.25, 0.3) is 0 Å². The van der Waals surface area contributed by atoms with E-state index < -0.39 is 26.5 Å². The van der Waals surface area contributed by atoms with E-state index in [9.17, 15) is 19.0 Å². The largest absolute Gasteiger partial charge is 0.472 e. The van der Waals surface area contributed by atoms with Gasteiger partial charge in [-0.2, -0.15) is 0 Å². The minimum Gasteiger partial charge on any atom is -0.462 e. The van der Waals surface area contributed by atoms with Crippen LogP contribution in [0.3, 0.4) is 0 Å². The molecule has 9 nitrogen and oxygen atoms in total. The molecule has 396 valence electrons. The molecule has 0 saturated carbocycles. The van der Waals surface area contributed by atoms with E-state index in [0.29, 0.717) is 6.42 Å². The van der Waals surface area contributed by atoms with E-state index in [1.165, 1.54) is 199 Å². The van der Waals surface area contributed by atoms with Gasteiger partial charge in [0, 0.05) is 19.4 Å². The number of esters is 2. The van der Waals surface area contributed by atoms with Crippen LogP contribution in [0.1, 0.15) is 296 Å². The first kappa shape index (κ1) is 65.5. The van der Waals surface area contributed by atoms with Crippen LogP contribution in [0.5, 0.6) is 0 Å². The van der Waals surface area contributed by atoms with Gasteiger partial charge < -0.3 is 20.1 Å². The average Bonchev–Trinajstić information content (AvgIpc) is 3.32. The molecule has 0 aromatic heterocycles. The molecule has 0 heterocycles. The number of rotatable bonds is 55. The zero-order chi connectivity index (χ0) is 48.8. The lowest BCUT2D eigenvalue weighted by molar-refractivity contribution is -0.161. The van der Waals surface area contributed by atoms with Crippen LogP contribution in [0.2, 0.25) is 0 Å². The highest BCUT2D eigenvalue weighted by Crippen LogP contribution is 2.43. The van der Waals surface area contributed by atoms with E-state index in [2.05, 4.69) is 38.2 Å². The minimum absolute atomic E-state index is 0.0527. The Kier molecular flexibility index (Phi) is 52.6. The van der Waals surface area contributed by atoms with Crippen molar-refractivity contribution in [2.45, 2.75) is 302 Å². The second-order valence-electron chi connectivity index (χ2n) is 19.5. The molecule has 0 aliphatic heterocycles. The Morgan fingerprint density at radius 3 is 1.19 bits per heavy atom. The molecule has 0 radical (unpaired) electrons. The Hall–Kier alpha value is -1.51. The van der Waals surface area contributed by atoms with Gasteiger partial charge in [0.05, 0.1) is 13.2 Å². The quantitative estimate of drug-likeness (QED) is 0.0264. The van der Waals surface area contributed by atoms with Crippen molar-refractivity contribution < 1.29 is 37.6 Å². The second kappa shape index (κ2) is 53.8. The number of phosphoric acid groups is 1. The summed E-state index contributed by atoms with van der Waals surface area (Å²) in [4.78, 5) is 35.0. The predicted molar refractivity (Wildman–Crippen MR) is 284 cm³/mol. The van der Waals surface area contributed by atoms with Crippen molar-refractivity contribution in [3.8, 4) is 0 Å². The normalized spacial score (nSPS) is 13.2. The summed E-state index contributed by atoms with van der Waals surface area (Å²) in [7, 11) is -4.38. The molecule has 0 fully saturated rings. The van der Waals surface area contributed by atoms with E-state index in [1.54, 1.807) is 0 Å². The van der Waals surface area contributed by atoms with E-state index in [1.807, 2.05) is 0 Å². The van der Waals surface area contributed by atoms with Crippen LogP contribution in [0.4, 0.5) is 0 Å². The third-order valence-corrected chi connectivity index (χ3v) is 13.8. The molecule has 0 aromatic carbocycles. The number of hydrogen-bond donors (Lipinski definition) is 2. The summed E-state index contributed by atoms with van der Waals surface area (Å²) < 4.78 is 32.9. The number of carbonyl (C=O) groups is 2.